The molecule has 0 atom stereocenters. The SMILES string of the molecule is CC(=O)Oc1cccc2oc(=S)oc12. The van der Waals surface area contributed by atoms with Gasteiger partial charge in [-0.05, 0) is 12.1 Å². The predicted molar refractivity (Wildman–Crippen MR) is 50.6 cm³/mol. The molecule has 2 aromatic rings. The third-order valence-electron chi connectivity index (χ3n) is 1.58. The lowest BCUT2D eigenvalue weighted by Gasteiger charge is -1.98. The van der Waals surface area contributed by atoms with Gasteiger partial charge in [-0.25, -0.2) is 0 Å². The van der Waals surface area contributed by atoms with Gasteiger partial charge in [0, 0.05) is 19.1 Å². The van der Waals surface area contributed by atoms with Crippen molar-refractivity contribution in [2.24, 2.45) is 0 Å². The van der Waals surface area contributed by atoms with Crippen molar-refractivity contribution in [1.29, 1.82) is 0 Å². The molecule has 0 N–H and O–H groups in total. The molecule has 0 bridgehead atoms. The van der Waals surface area contributed by atoms with Gasteiger partial charge in [0.25, 0.3) is 0 Å². The quantitative estimate of drug-likeness (QED) is 0.411. The number of hydrogen-bond donors (Lipinski definition) is 0. The average Bonchev–Trinajstić information content (AvgIpc) is 2.45. The molecule has 0 amide bonds. The van der Waals surface area contributed by atoms with Crippen LogP contribution in [0.4, 0.5) is 0 Å². The van der Waals surface area contributed by atoms with Crippen molar-refractivity contribution in [1.82, 2.24) is 0 Å². The number of para-hydroxylation sites is 1. The second-order valence-corrected chi connectivity index (χ2v) is 2.96. The lowest BCUT2D eigenvalue weighted by atomic mass is 10.3. The molecule has 0 spiro atoms. The van der Waals surface area contributed by atoms with E-state index in [-0.39, 0.29) is 4.90 Å². The molecule has 0 unspecified atom stereocenters. The van der Waals surface area contributed by atoms with Gasteiger partial charge >= 0.3 is 10.9 Å². The van der Waals surface area contributed by atoms with E-state index in [0.29, 0.717) is 16.9 Å². The molecule has 0 saturated heterocycles. The van der Waals surface area contributed by atoms with Crippen LogP contribution in [0.2, 0.25) is 0 Å². The van der Waals surface area contributed by atoms with Crippen molar-refractivity contribution in [2.75, 3.05) is 0 Å². The first-order valence-corrected chi connectivity index (χ1v) is 4.29. The Morgan fingerprint density at radius 2 is 2.21 bits per heavy atom. The van der Waals surface area contributed by atoms with E-state index >= 15 is 0 Å². The maximum Gasteiger partial charge on any atom is 0.363 e. The first-order valence-electron chi connectivity index (χ1n) is 3.88. The summed E-state index contributed by atoms with van der Waals surface area (Å²) in [4.78, 5) is 10.8. The maximum absolute atomic E-state index is 10.7. The van der Waals surface area contributed by atoms with E-state index in [1.54, 1.807) is 18.2 Å². The normalized spacial score (nSPS) is 10.4. The number of esters is 1. The zero-order valence-corrected chi connectivity index (χ0v) is 8.09. The molecule has 0 aliphatic rings. The number of carbonyl (C=O) groups is 1. The van der Waals surface area contributed by atoms with Crippen molar-refractivity contribution in [2.45, 2.75) is 6.92 Å². The second kappa shape index (κ2) is 3.26. The number of rotatable bonds is 1. The van der Waals surface area contributed by atoms with Crippen LogP contribution in [0.3, 0.4) is 0 Å². The highest BCUT2D eigenvalue weighted by Gasteiger charge is 2.09. The Labute approximate surface area is 84.1 Å². The molecule has 5 heteroatoms. The Bertz CT molecular complexity index is 537. The zero-order chi connectivity index (χ0) is 10.1. The summed E-state index contributed by atoms with van der Waals surface area (Å²) in [5.74, 6) is -0.102. The van der Waals surface area contributed by atoms with Crippen LogP contribution in [-0.2, 0) is 4.79 Å². The minimum absolute atomic E-state index is 0.0135. The van der Waals surface area contributed by atoms with Crippen LogP contribution in [0, 0.1) is 4.90 Å². The van der Waals surface area contributed by atoms with Gasteiger partial charge in [0.15, 0.2) is 11.3 Å². The van der Waals surface area contributed by atoms with E-state index in [1.807, 2.05) is 0 Å². The first-order chi connectivity index (χ1) is 6.66. The summed E-state index contributed by atoms with van der Waals surface area (Å²) in [7, 11) is 0. The van der Waals surface area contributed by atoms with Crippen molar-refractivity contribution in [3.63, 3.8) is 0 Å². The van der Waals surface area contributed by atoms with E-state index in [4.69, 9.17) is 25.8 Å². The fourth-order valence-corrected chi connectivity index (χ4v) is 1.28. The number of hydrogen-bond acceptors (Lipinski definition) is 5. The predicted octanol–water partition coefficient (Wildman–Crippen LogP) is 2.68. The third-order valence-corrected chi connectivity index (χ3v) is 1.74. The number of benzene rings is 1. The molecule has 0 radical (unpaired) electrons. The van der Waals surface area contributed by atoms with Crippen molar-refractivity contribution in [3.05, 3.63) is 23.1 Å². The Morgan fingerprint density at radius 1 is 1.43 bits per heavy atom. The van der Waals surface area contributed by atoms with Gasteiger partial charge in [0.1, 0.15) is 0 Å². The summed E-state index contributed by atoms with van der Waals surface area (Å²) in [5.41, 5.74) is 0.821. The van der Waals surface area contributed by atoms with Crippen LogP contribution in [0.25, 0.3) is 11.2 Å². The van der Waals surface area contributed by atoms with E-state index < -0.39 is 5.97 Å². The van der Waals surface area contributed by atoms with E-state index in [0.717, 1.165) is 0 Å². The molecule has 0 saturated carbocycles. The van der Waals surface area contributed by atoms with Crippen LogP contribution in [0.5, 0.6) is 5.75 Å². The van der Waals surface area contributed by atoms with Gasteiger partial charge in [-0.3, -0.25) is 4.79 Å². The molecular formula is C9H6O4S. The molecule has 0 aliphatic carbocycles. The molecule has 14 heavy (non-hydrogen) atoms. The molecule has 1 heterocycles. The summed E-state index contributed by atoms with van der Waals surface area (Å²) < 4.78 is 15.0. The van der Waals surface area contributed by atoms with Gasteiger partial charge in [-0.2, -0.15) is 0 Å². The molecular weight excluding hydrogens is 204 g/mol. The zero-order valence-electron chi connectivity index (χ0n) is 7.27. The average molecular weight is 210 g/mol. The van der Waals surface area contributed by atoms with E-state index in [1.165, 1.54) is 6.92 Å². The highest BCUT2D eigenvalue weighted by Crippen LogP contribution is 2.27. The molecule has 0 aliphatic heterocycles. The molecule has 1 aromatic heterocycles. The Hall–Kier alpha value is -1.62. The smallest absolute Gasteiger partial charge is 0.363 e. The molecule has 1 aromatic carbocycles. The molecule has 2 rings (SSSR count). The van der Waals surface area contributed by atoms with Crippen LogP contribution < -0.4 is 4.74 Å². The minimum Gasteiger partial charge on any atom is -0.423 e. The Morgan fingerprint density at radius 3 is 2.93 bits per heavy atom. The maximum atomic E-state index is 10.7. The molecule has 72 valence electrons. The summed E-state index contributed by atoms with van der Waals surface area (Å²) in [5, 5.41) is 0. The van der Waals surface area contributed by atoms with Gasteiger partial charge < -0.3 is 13.6 Å². The number of carbonyl (C=O) groups excluding carboxylic acids is 1. The van der Waals surface area contributed by atoms with Crippen molar-refractivity contribution in [3.8, 4) is 5.75 Å². The summed E-state index contributed by atoms with van der Waals surface area (Å²) in [6, 6.07) is 4.98. The van der Waals surface area contributed by atoms with Gasteiger partial charge in [0.2, 0.25) is 5.58 Å². The van der Waals surface area contributed by atoms with Gasteiger partial charge in [0.05, 0.1) is 0 Å². The van der Waals surface area contributed by atoms with Crippen molar-refractivity contribution >= 4 is 29.4 Å². The fourth-order valence-electron chi connectivity index (χ4n) is 1.11. The Balaban J connectivity index is 2.64. The lowest BCUT2D eigenvalue weighted by Crippen LogP contribution is -2.01. The summed E-state index contributed by atoms with van der Waals surface area (Å²) >= 11 is 4.71. The standard InChI is InChI=1S/C9H6O4S/c1-5(10)11-6-3-2-4-7-8(6)13-9(14)12-7/h2-4H,1H3. The summed E-state index contributed by atoms with van der Waals surface area (Å²) in [6.45, 7) is 1.31. The van der Waals surface area contributed by atoms with Crippen LogP contribution in [0.1, 0.15) is 6.92 Å². The molecule has 4 nitrogen and oxygen atoms in total. The van der Waals surface area contributed by atoms with E-state index in [9.17, 15) is 4.79 Å². The third kappa shape index (κ3) is 1.54. The first kappa shape index (κ1) is 8.96. The Kier molecular flexibility index (Phi) is 2.09. The highest BCUT2D eigenvalue weighted by molar-refractivity contribution is 7.71. The number of ether oxygens (including phenoxy) is 1. The van der Waals surface area contributed by atoms with Gasteiger partial charge in [-0.1, -0.05) is 6.07 Å². The topological polar surface area (TPSA) is 52.6 Å². The monoisotopic (exact) mass is 210 g/mol. The fraction of sp³-hybridized carbons (Fsp3) is 0.111. The highest BCUT2D eigenvalue weighted by atomic mass is 32.1. The molecule has 0 fully saturated rings. The van der Waals surface area contributed by atoms with Crippen molar-refractivity contribution < 1.29 is 18.4 Å². The number of fused-ring (bicyclic) bond motifs is 1. The summed E-state index contributed by atoms with van der Waals surface area (Å²) in [6.07, 6.45) is 0. The van der Waals surface area contributed by atoms with Crippen LogP contribution in [-0.4, -0.2) is 5.97 Å². The largest absolute Gasteiger partial charge is 0.423 e. The van der Waals surface area contributed by atoms with E-state index in [2.05, 4.69) is 0 Å². The van der Waals surface area contributed by atoms with Gasteiger partial charge in [-0.15, -0.1) is 0 Å². The lowest BCUT2D eigenvalue weighted by molar-refractivity contribution is -0.131. The minimum atomic E-state index is -0.417. The van der Waals surface area contributed by atoms with Crippen LogP contribution >= 0.6 is 12.2 Å². The second-order valence-electron chi connectivity index (χ2n) is 2.63. The van der Waals surface area contributed by atoms with Crippen LogP contribution in [0.15, 0.2) is 27.0 Å².